The van der Waals surface area contributed by atoms with E-state index in [4.69, 9.17) is 4.52 Å². The smallest absolute Gasteiger partial charge is 0.280 e. The lowest BCUT2D eigenvalue weighted by Crippen LogP contribution is -2.07. The van der Waals surface area contributed by atoms with E-state index in [-0.39, 0.29) is 28.7 Å². The van der Waals surface area contributed by atoms with E-state index in [0.29, 0.717) is 6.42 Å². The number of carbonyl (C=O) groups is 1. The van der Waals surface area contributed by atoms with Gasteiger partial charge in [-0.05, 0) is 19.4 Å². The predicted molar refractivity (Wildman–Crippen MR) is 70.1 cm³/mol. The van der Waals surface area contributed by atoms with Gasteiger partial charge in [-0.2, -0.15) is 4.98 Å². The van der Waals surface area contributed by atoms with Crippen molar-refractivity contribution in [2.45, 2.75) is 26.2 Å². The summed E-state index contributed by atoms with van der Waals surface area (Å²) in [4.78, 5) is 26.0. The summed E-state index contributed by atoms with van der Waals surface area (Å²) >= 11 is 0. The molecule has 0 spiro atoms. The van der Waals surface area contributed by atoms with E-state index >= 15 is 0 Å². The molecule has 0 aliphatic rings. The topological polar surface area (TPSA) is 99.1 Å². The van der Waals surface area contributed by atoms with Crippen molar-refractivity contribution in [2.75, 3.05) is 0 Å². The number of para-hydroxylation sites is 1. The molecule has 2 rings (SSSR count). The fraction of sp³-hybridized carbons (Fsp3) is 0.308. The number of hydrogen-bond donors (Lipinski definition) is 0. The van der Waals surface area contributed by atoms with Crippen molar-refractivity contribution in [3.05, 3.63) is 40.3 Å². The van der Waals surface area contributed by atoms with E-state index in [1.807, 2.05) is 6.92 Å². The number of hydrogen-bond acceptors (Lipinski definition) is 6. The molecule has 0 bridgehead atoms. The highest BCUT2D eigenvalue weighted by Crippen LogP contribution is 2.29. The van der Waals surface area contributed by atoms with Crippen LogP contribution in [0.25, 0.3) is 11.4 Å². The Morgan fingerprint density at radius 2 is 2.15 bits per heavy atom. The van der Waals surface area contributed by atoms with Gasteiger partial charge >= 0.3 is 0 Å². The van der Waals surface area contributed by atoms with Gasteiger partial charge in [0.1, 0.15) is 11.3 Å². The molecular weight excluding hydrogens is 262 g/mol. The van der Waals surface area contributed by atoms with Crippen molar-refractivity contribution in [1.82, 2.24) is 10.1 Å². The van der Waals surface area contributed by atoms with Crippen LogP contribution in [0.4, 0.5) is 5.69 Å². The second-order valence-corrected chi connectivity index (χ2v) is 4.30. The fourth-order valence-electron chi connectivity index (χ4n) is 1.94. The summed E-state index contributed by atoms with van der Waals surface area (Å²) in [5.74, 6) is -0.246. The molecule has 1 aromatic carbocycles. The number of nitro groups is 1. The first-order chi connectivity index (χ1) is 9.54. The van der Waals surface area contributed by atoms with E-state index in [1.165, 1.54) is 13.0 Å². The van der Waals surface area contributed by atoms with Crippen LogP contribution in [-0.2, 0) is 4.79 Å². The molecule has 0 fully saturated rings. The van der Waals surface area contributed by atoms with Crippen molar-refractivity contribution < 1.29 is 14.2 Å². The summed E-state index contributed by atoms with van der Waals surface area (Å²) in [7, 11) is 0. The van der Waals surface area contributed by atoms with Gasteiger partial charge in [-0.15, -0.1) is 0 Å². The SMILES string of the molecule is CCC(C(C)=O)c1nc(-c2ccccc2[N+](=O)[O-])no1. The van der Waals surface area contributed by atoms with Gasteiger partial charge in [-0.3, -0.25) is 14.9 Å². The van der Waals surface area contributed by atoms with Crippen molar-refractivity contribution >= 4 is 11.5 Å². The maximum absolute atomic E-state index is 11.5. The highest BCUT2D eigenvalue weighted by Gasteiger charge is 2.24. The third kappa shape index (κ3) is 2.56. The van der Waals surface area contributed by atoms with Crippen LogP contribution in [0.15, 0.2) is 28.8 Å². The van der Waals surface area contributed by atoms with E-state index in [2.05, 4.69) is 10.1 Å². The molecule has 2 aromatic rings. The average Bonchev–Trinajstić information content (AvgIpc) is 2.88. The summed E-state index contributed by atoms with van der Waals surface area (Å²) in [5, 5.41) is 14.7. The standard InChI is InChI=1S/C13H13N3O4/c1-3-9(8(2)17)13-14-12(15-20-13)10-6-4-5-7-11(10)16(18)19/h4-7,9H,3H2,1-2H3. The minimum atomic E-state index is -0.506. The number of benzene rings is 1. The van der Waals surface area contributed by atoms with Crippen LogP contribution < -0.4 is 0 Å². The minimum absolute atomic E-state index is 0.0785. The number of aromatic nitrogens is 2. The summed E-state index contributed by atoms with van der Waals surface area (Å²) in [5.41, 5.74) is 0.168. The van der Waals surface area contributed by atoms with Crippen LogP contribution >= 0.6 is 0 Å². The molecular formula is C13H13N3O4. The third-order valence-electron chi connectivity index (χ3n) is 2.98. The van der Waals surface area contributed by atoms with Gasteiger partial charge in [0.2, 0.25) is 11.7 Å². The monoisotopic (exact) mass is 275 g/mol. The van der Waals surface area contributed by atoms with E-state index in [0.717, 1.165) is 0 Å². The summed E-state index contributed by atoms with van der Waals surface area (Å²) in [6.07, 6.45) is 0.536. The Bertz CT molecular complexity index is 651. The van der Waals surface area contributed by atoms with Gasteiger partial charge in [0.05, 0.1) is 10.8 Å². The van der Waals surface area contributed by atoms with Crippen LogP contribution in [0, 0.1) is 10.1 Å². The molecule has 7 nitrogen and oxygen atoms in total. The summed E-state index contributed by atoms with van der Waals surface area (Å²) in [6, 6.07) is 6.13. The molecule has 1 aromatic heterocycles. The van der Waals surface area contributed by atoms with Gasteiger partial charge in [-0.25, -0.2) is 0 Å². The van der Waals surface area contributed by atoms with Crippen LogP contribution in [0.3, 0.4) is 0 Å². The minimum Gasteiger partial charge on any atom is -0.338 e. The Hall–Kier alpha value is -2.57. The molecule has 7 heteroatoms. The van der Waals surface area contributed by atoms with Crippen molar-refractivity contribution in [3.8, 4) is 11.4 Å². The zero-order valence-corrected chi connectivity index (χ0v) is 11.1. The number of carbonyl (C=O) groups excluding carboxylic acids is 1. The molecule has 0 saturated heterocycles. The van der Waals surface area contributed by atoms with Crippen LogP contribution in [0.2, 0.25) is 0 Å². The molecule has 1 atom stereocenters. The van der Waals surface area contributed by atoms with E-state index in [9.17, 15) is 14.9 Å². The second kappa shape index (κ2) is 5.60. The van der Waals surface area contributed by atoms with Crippen molar-refractivity contribution in [3.63, 3.8) is 0 Å². The lowest BCUT2D eigenvalue weighted by Gasteiger charge is -2.03. The number of rotatable bonds is 5. The highest BCUT2D eigenvalue weighted by atomic mass is 16.6. The zero-order valence-electron chi connectivity index (χ0n) is 11.1. The highest BCUT2D eigenvalue weighted by molar-refractivity contribution is 5.82. The van der Waals surface area contributed by atoms with Crippen LogP contribution in [-0.4, -0.2) is 20.8 Å². The molecule has 0 radical (unpaired) electrons. The Morgan fingerprint density at radius 1 is 1.45 bits per heavy atom. The first-order valence-electron chi connectivity index (χ1n) is 6.12. The maximum Gasteiger partial charge on any atom is 0.280 e. The number of ketones is 1. The molecule has 1 unspecified atom stereocenters. The molecule has 0 aliphatic carbocycles. The molecule has 0 N–H and O–H groups in total. The van der Waals surface area contributed by atoms with Crippen LogP contribution in [0.1, 0.15) is 32.1 Å². The van der Waals surface area contributed by atoms with Gasteiger partial charge in [0, 0.05) is 6.07 Å². The molecule has 104 valence electrons. The fourth-order valence-corrected chi connectivity index (χ4v) is 1.94. The second-order valence-electron chi connectivity index (χ2n) is 4.30. The Morgan fingerprint density at radius 3 is 2.75 bits per heavy atom. The molecule has 20 heavy (non-hydrogen) atoms. The van der Waals surface area contributed by atoms with Crippen molar-refractivity contribution in [1.29, 1.82) is 0 Å². The molecule has 0 amide bonds. The summed E-state index contributed by atoms with van der Waals surface area (Å²) in [6.45, 7) is 3.28. The largest absolute Gasteiger partial charge is 0.338 e. The van der Waals surface area contributed by atoms with Gasteiger partial charge in [0.15, 0.2) is 0 Å². The first-order valence-corrected chi connectivity index (χ1v) is 6.12. The average molecular weight is 275 g/mol. The lowest BCUT2D eigenvalue weighted by molar-refractivity contribution is -0.384. The van der Waals surface area contributed by atoms with E-state index in [1.54, 1.807) is 18.2 Å². The number of nitrogens with zero attached hydrogens (tertiary/aromatic N) is 3. The van der Waals surface area contributed by atoms with Gasteiger partial charge < -0.3 is 4.52 Å². The Labute approximate surface area is 114 Å². The van der Waals surface area contributed by atoms with Gasteiger partial charge in [0.25, 0.3) is 5.69 Å². The molecule has 0 aliphatic heterocycles. The lowest BCUT2D eigenvalue weighted by atomic mass is 10.0. The Balaban J connectivity index is 2.44. The quantitative estimate of drug-likeness (QED) is 0.614. The normalized spacial score (nSPS) is 12.1. The molecule has 1 heterocycles. The predicted octanol–water partition coefficient (Wildman–Crippen LogP) is 2.73. The van der Waals surface area contributed by atoms with Crippen LogP contribution in [0.5, 0.6) is 0 Å². The van der Waals surface area contributed by atoms with Gasteiger partial charge in [-0.1, -0.05) is 24.2 Å². The zero-order chi connectivity index (χ0) is 14.7. The molecule has 0 saturated carbocycles. The first kappa shape index (κ1) is 13.9. The Kier molecular flexibility index (Phi) is 3.88. The summed E-state index contributed by atoms with van der Waals surface area (Å²) < 4.78 is 5.06. The van der Waals surface area contributed by atoms with E-state index < -0.39 is 10.8 Å². The number of nitro benzene ring substituents is 1. The van der Waals surface area contributed by atoms with Crippen molar-refractivity contribution in [2.24, 2.45) is 0 Å². The maximum atomic E-state index is 11.5. The third-order valence-corrected chi connectivity index (χ3v) is 2.98. The number of Topliss-reactive ketones (excluding diaryl/α,β-unsaturated/α-hetero) is 1.